The normalized spacial score (nSPS) is 11.2. The molecule has 9 heteroatoms. The first-order valence-corrected chi connectivity index (χ1v) is 9.01. The summed E-state index contributed by atoms with van der Waals surface area (Å²) < 4.78 is 64.4. The molecular formula is C16H15F3N2O3S. The number of carbonyl (C=O) groups is 1. The molecule has 0 aromatic heterocycles. The molecule has 1 amide bonds. The van der Waals surface area contributed by atoms with Crippen molar-refractivity contribution in [3.63, 3.8) is 0 Å². The molecule has 25 heavy (non-hydrogen) atoms. The van der Waals surface area contributed by atoms with Gasteiger partial charge in [0.15, 0.2) is 17.5 Å². The molecule has 0 radical (unpaired) electrons. The van der Waals surface area contributed by atoms with Crippen molar-refractivity contribution in [2.75, 3.05) is 23.7 Å². The van der Waals surface area contributed by atoms with Crippen molar-refractivity contribution < 1.29 is 26.4 Å². The number of benzene rings is 2. The summed E-state index contributed by atoms with van der Waals surface area (Å²) in [6, 6.07) is 9.65. The second-order valence-corrected chi connectivity index (χ2v) is 7.06. The maximum atomic E-state index is 13.6. The third-order valence-corrected chi connectivity index (χ3v) is 4.52. The van der Waals surface area contributed by atoms with E-state index in [2.05, 4.69) is 5.32 Å². The van der Waals surface area contributed by atoms with Crippen molar-refractivity contribution in [1.82, 2.24) is 5.32 Å². The second kappa shape index (κ2) is 7.56. The molecule has 2 aromatic carbocycles. The average molecular weight is 372 g/mol. The molecule has 0 aliphatic carbocycles. The number of rotatable bonds is 6. The minimum absolute atomic E-state index is 0.111. The number of para-hydroxylation sites is 1. The summed E-state index contributed by atoms with van der Waals surface area (Å²) >= 11 is 0. The van der Waals surface area contributed by atoms with Gasteiger partial charge in [0.25, 0.3) is 5.91 Å². The first-order chi connectivity index (χ1) is 11.7. The highest BCUT2D eigenvalue weighted by Gasteiger charge is 2.20. The lowest BCUT2D eigenvalue weighted by Gasteiger charge is -2.22. The van der Waals surface area contributed by atoms with E-state index in [0.717, 1.165) is 16.6 Å². The van der Waals surface area contributed by atoms with Crippen molar-refractivity contribution in [2.45, 2.75) is 0 Å². The van der Waals surface area contributed by atoms with Gasteiger partial charge in [0.05, 0.1) is 24.1 Å². The first-order valence-electron chi connectivity index (χ1n) is 7.16. The minimum Gasteiger partial charge on any atom is -0.350 e. The zero-order chi connectivity index (χ0) is 18.6. The van der Waals surface area contributed by atoms with Crippen molar-refractivity contribution in [1.29, 1.82) is 0 Å². The van der Waals surface area contributed by atoms with Crippen LogP contribution in [0.3, 0.4) is 0 Å². The maximum Gasteiger partial charge on any atom is 0.254 e. The van der Waals surface area contributed by atoms with Gasteiger partial charge in [-0.15, -0.1) is 0 Å². The monoisotopic (exact) mass is 372 g/mol. The molecule has 0 saturated carbocycles. The number of nitrogens with one attached hydrogen (secondary N) is 1. The van der Waals surface area contributed by atoms with Crippen LogP contribution in [-0.2, 0) is 10.0 Å². The van der Waals surface area contributed by atoms with Crippen molar-refractivity contribution in [3.05, 3.63) is 65.5 Å². The van der Waals surface area contributed by atoms with E-state index >= 15 is 0 Å². The van der Waals surface area contributed by atoms with Gasteiger partial charge in [0, 0.05) is 6.54 Å². The number of amides is 1. The lowest BCUT2D eigenvalue weighted by molar-refractivity contribution is 0.0949. The lowest BCUT2D eigenvalue weighted by Crippen LogP contribution is -2.38. The summed E-state index contributed by atoms with van der Waals surface area (Å²) in [7, 11) is -3.60. The molecule has 2 rings (SSSR count). The highest BCUT2D eigenvalue weighted by molar-refractivity contribution is 7.92. The Morgan fingerprint density at radius 3 is 2.28 bits per heavy atom. The number of sulfonamides is 1. The van der Waals surface area contributed by atoms with E-state index in [1.165, 1.54) is 0 Å². The smallest absolute Gasteiger partial charge is 0.254 e. The molecular weight excluding hydrogens is 357 g/mol. The Morgan fingerprint density at radius 2 is 1.68 bits per heavy atom. The fourth-order valence-electron chi connectivity index (χ4n) is 2.15. The number of carbonyl (C=O) groups excluding carboxylic acids is 1. The van der Waals surface area contributed by atoms with Gasteiger partial charge in [-0.05, 0) is 24.3 Å². The average Bonchev–Trinajstić information content (AvgIpc) is 2.56. The van der Waals surface area contributed by atoms with Gasteiger partial charge in [-0.2, -0.15) is 0 Å². The zero-order valence-corrected chi connectivity index (χ0v) is 14.0. The lowest BCUT2D eigenvalue weighted by atomic mass is 10.2. The third-order valence-electron chi connectivity index (χ3n) is 3.32. The molecule has 0 heterocycles. The molecule has 5 nitrogen and oxygen atoms in total. The molecule has 0 spiro atoms. The molecule has 0 bridgehead atoms. The number of hydrogen-bond donors (Lipinski definition) is 1. The maximum absolute atomic E-state index is 13.6. The minimum atomic E-state index is -3.60. The van der Waals surface area contributed by atoms with Crippen LogP contribution in [0.15, 0.2) is 42.5 Å². The van der Waals surface area contributed by atoms with E-state index in [1.807, 2.05) is 0 Å². The Bertz CT molecular complexity index is 874. The van der Waals surface area contributed by atoms with E-state index in [-0.39, 0.29) is 13.1 Å². The Morgan fingerprint density at radius 1 is 1.04 bits per heavy atom. The third kappa shape index (κ3) is 4.50. The fraction of sp³-hybridized carbons (Fsp3) is 0.188. The summed E-state index contributed by atoms with van der Waals surface area (Å²) in [5, 5.41) is 2.28. The van der Waals surface area contributed by atoms with Crippen molar-refractivity contribution in [2.24, 2.45) is 0 Å². The Kier molecular flexibility index (Phi) is 5.68. The van der Waals surface area contributed by atoms with E-state index in [4.69, 9.17) is 0 Å². The van der Waals surface area contributed by atoms with Crippen LogP contribution in [0.5, 0.6) is 0 Å². The summed E-state index contributed by atoms with van der Waals surface area (Å²) in [5.41, 5.74) is -0.261. The number of hydrogen-bond acceptors (Lipinski definition) is 3. The first kappa shape index (κ1) is 18.8. The van der Waals surface area contributed by atoms with Crippen LogP contribution in [0.2, 0.25) is 0 Å². The molecule has 0 aliphatic heterocycles. The second-order valence-electron chi connectivity index (χ2n) is 5.15. The van der Waals surface area contributed by atoms with Crippen LogP contribution >= 0.6 is 0 Å². The van der Waals surface area contributed by atoms with Gasteiger partial charge in [-0.1, -0.05) is 18.2 Å². The molecule has 134 valence electrons. The van der Waals surface area contributed by atoms with E-state index in [9.17, 15) is 26.4 Å². The predicted octanol–water partition coefficient (Wildman–Crippen LogP) is 2.30. The van der Waals surface area contributed by atoms with Crippen LogP contribution in [0.25, 0.3) is 0 Å². The van der Waals surface area contributed by atoms with E-state index in [1.54, 1.807) is 30.3 Å². The summed E-state index contributed by atoms with van der Waals surface area (Å²) in [4.78, 5) is 11.9. The zero-order valence-electron chi connectivity index (χ0n) is 13.2. The van der Waals surface area contributed by atoms with Crippen LogP contribution in [0.4, 0.5) is 18.9 Å². The Balaban J connectivity index is 2.08. The van der Waals surface area contributed by atoms with Gasteiger partial charge < -0.3 is 5.32 Å². The summed E-state index contributed by atoms with van der Waals surface area (Å²) in [6.07, 6.45) is 1.01. The standard InChI is InChI=1S/C16H15F3N2O3S/c1-25(23,24)21(11-5-3-2-4-6-11)10-9-20-16(22)12-7-8-13(17)15(19)14(12)18/h2-8H,9-10H2,1H3,(H,20,22). The van der Waals surface area contributed by atoms with Crippen molar-refractivity contribution in [3.8, 4) is 0 Å². The number of halogens is 3. The van der Waals surface area contributed by atoms with Gasteiger partial charge in [-0.25, -0.2) is 21.6 Å². The summed E-state index contributed by atoms with van der Waals surface area (Å²) in [6.45, 7) is -0.265. The van der Waals surface area contributed by atoms with Crippen LogP contribution in [0, 0.1) is 17.5 Å². The molecule has 0 atom stereocenters. The van der Waals surface area contributed by atoms with E-state index < -0.39 is 38.9 Å². The largest absolute Gasteiger partial charge is 0.350 e. The van der Waals surface area contributed by atoms with Crippen LogP contribution in [0.1, 0.15) is 10.4 Å². The highest BCUT2D eigenvalue weighted by Crippen LogP contribution is 2.17. The van der Waals surface area contributed by atoms with Gasteiger partial charge in [0.1, 0.15) is 0 Å². The molecule has 0 unspecified atom stereocenters. The Labute approximate surface area is 143 Å². The van der Waals surface area contributed by atoms with Gasteiger partial charge >= 0.3 is 0 Å². The molecule has 0 saturated heterocycles. The summed E-state index contributed by atoms with van der Waals surface area (Å²) in [5.74, 6) is -5.71. The van der Waals surface area contributed by atoms with Gasteiger partial charge in [-0.3, -0.25) is 9.10 Å². The molecule has 2 aromatic rings. The van der Waals surface area contributed by atoms with E-state index in [0.29, 0.717) is 11.8 Å². The number of anilines is 1. The Hall–Kier alpha value is -2.55. The molecule has 1 N–H and O–H groups in total. The molecule has 0 fully saturated rings. The fourth-order valence-corrected chi connectivity index (χ4v) is 3.08. The topological polar surface area (TPSA) is 66.5 Å². The van der Waals surface area contributed by atoms with Crippen molar-refractivity contribution >= 4 is 21.6 Å². The molecule has 0 aliphatic rings. The van der Waals surface area contributed by atoms with Gasteiger partial charge in [0.2, 0.25) is 10.0 Å². The van der Waals surface area contributed by atoms with Crippen LogP contribution < -0.4 is 9.62 Å². The SMILES string of the molecule is CS(=O)(=O)N(CCNC(=O)c1ccc(F)c(F)c1F)c1ccccc1. The predicted molar refractivity (Wildman–Crippen MR) is 87.3 cm³/mol. The quantitative estimate of drug-likeness (QED) is 0.792. The number of nitrogens with zero attached hydrogens (tertiary/aromatic N) is 1. The highest BCUT2D eigenvalue weighted by atomic mass is 32.2. The van der Waals surface area contributed by atoms with Crippen LogP contribution in [-0.4, -0.2) is 33.7 Å².